The zero-order valence-corrected chi connectivity index (χ0v) is 18.1. The van der Waals surface area contributed by atoms with Gasteiger partial charge in [0.1, 0.15) is 0 Å². The van der Waals surface area contributed by atoms with Crippen molar-refractivity contribution in [2.24, 2.45) is 7.05 Å². The Morgan fingerprint density at radius 1 is 1.24 bits per heavy atom. The van der Waals surface area contributed by atoms with Gasteiger partial charge in [0.15, 0.2) is 17.8 Å². The van der Waals surface area contributed by atoms with E-state index in [1.54, 1.807) is 11.8 Å². The maximum Gasteiger partial charge on any atom is 0.493 e. The molecule has 0 radical (unpaired) electrons. The highest BCUT2D eigenvalue weighted by molar-refractivity contribution is 5.80. The summed E-state index contributed by atoms with van der Waals surface area (Å²) >= 11 is 0. The molecule has 0 aliphatic carbocycles. The first-order chi connectivity index (χ1) is 15.6. The summed E-state index contributed by atoms with van der Waals surface area (Å²) in [6.45, 7) is 2.11. The fourth-order valence-corrected chi connectivity index (χ4v) is 3.80. The van der Waals surface area contributed by atoms with Crippen molar-refractivity contribution in [3.05, 3.63) is 20.8 Å². The number of nitrogens with one attached hydrogen (secondary N) is 1. The molecule has 182 valence electrons. The van der Waals surface area contributed by atoms with E-state index in [0.717, 1.165) is 9.13 Å². The van der Waals surface area contributed by atoms with Crippen LogP contribution < -0.4 is 26.5 Å². The zero-order chi connectivity index (χ0) is 24.3. The molecule has 0 aromatic carbocycles. The van der Waals surface area contributed by atoms with Crippen LogP contribution in [0.1, 0.15) is 13.3 Å². The van der Waals surface area contributed by atoms with Crippen LogP contribution in [0.4, 0.5) is 29.1 Å². The molecule has 1 N–H and O–H groups in total. The predicted molar refractivity (Wildman–Crippen MR) is 110 cm³/mol. The van der Waals surface area contributed by atoms with Crippen molar-refractivity contribution < 1.29 is 27.2 Å². The number of alkyl halides is 4. The standard InChI is InChI=1S/C19H24F4N6O4/c1-3-4-9-27-13-14(28(10-5-6-20)18(32)25(2)15(13)30)29(33-16(31)19(21,22)23)17(27)26-11-7-24-8-12-26/h17,24H,5-12H2,1-2H3. The van der Waals surface area contributed by atoms with Gasteiger partial charge in [0.25, 0.3) is 5.56 Å². The van der Waals surface area contributed by atoms with E-state index in [0.29, 0.717) is 31.2 Å². The van der Waals surface area contributed by atoms with Crippen LogP contribution in [0.3, 0.4) is 0 Å². The lowest BCUT2D eigenvalue weighted by atomic mass is 10.3. The van der Waals surface area contributed by atoms with Crippen molar-refractivity contribution in [2.75, 3.05) is 49.4 Å². The third-order valence-electron chi connectivity index (χ3n) is 5.31. The summed E-state index contributed by atoms with van der Waals surface area (Å²) < 4.78 is 54.1. The number of piperazine rings is 1. The Morgan fingerprint density at radius 3 is 2.48 bits per heavy atom. The second-order valence-corrected chi connectivity index (χ2v) is 7.40. The number of hydrogen-bond donors (Lipinski definition) is 1. The largest absolute Gasteiger partial charge is 0.493 e. The smallest absolute Gasteiger partial charge is 0.327 e. The Bertz CT molecular complexity index is 1070. The lowest BCUT2D eigenvalue weighted by Gasteiger charge is -2.40. The van der Waals surface area contributed by atoms with E-state index in [1.165, 1.54) is 11.9 Å². The number of halogens is 4. The summed E-state index contributed by atoms with van der Waals surface area (Å²) in [7, 11) is 1.21. The Morgan fingerprint density at radius 2 is 1.91 bits per heavy atom. The fraction of sp³-hybridized carbons (Fsp3) is 0.632. The number of fused-ring (bicyclic) bond motifs is 1. The van der Waals surface area contributed by atoms with Crippen molar-refractivity contribution in [1.29, 1.82) is 0 Å². The monoisotopic (exact) mass is 476 g/mol. The molecule has 3 rings (SSSR count). The van der Waals surface area contributed by atoms with Crippen LogP contribution in [0, 0.1) is 11.8 Å². The molecule has 1 unspecified atom stereocenters. The molecule has 2 aliphatic heterocycles. The number of rotatable bonds is 6. The second-order valence-electron chi connectivity index (χ2n) is 7.40. The van der Waals surface area contributed by atoms with Crippen LogP contribution in [0.15, 0.2) is 9.59 Å². The van der Waals surface area contributed by atoms with E-state index >= 15 is 0 Å². The summed E-state index contributed by atoms with van der Waals surface area (Å²) in [5.74, 6) is 2.60. The molecule has 1 aromatic rings. The van der Waals surface area contributed by atoms with Gasteiger partial charge in [-0.15, -0.1) is 11.0 Å². The minimum absolute atomic E-state index is 0.0886. The maximum absolute atomic E-state index is 13.1. The summed E-state index contributed by atoms with van der Waals surface area (Å²) in [6.07, 6.45) is -6.63. The van der Waals surface area contributed by atoms with Gasteiger partial charge < -0.3 is 15.1 Å². The summed E-state index contributed by atoms with van der Waals surface area (Å²) in [4.78, 5) is 45.6. The van der Waals surface area contributed by atoms with Crippen molar-refractivity contribution in [3.63, 3.8) is 0 Å². The van der Waals surface area contributed by atoms with Crippen LogP contribution in [-0.2, 0) is 23.2 Å². The van der Waals surface area contributed by atoms with Gasteiger partial charge in [-0.1, -0.05) is 5.92 Å². The molecule has 14 heteroatoms. The first kappa shape index (κ1) is 24.6. The van der Waals surface area contributed by atoms with E-state index in [4.69, 9.17) is 4.84 Å². The number of nitrogens with zero attached hydrogens (tertiary/aromatic N) is 5. The third-order valence-corrected chi connectivity index (χ3v) is 5.31. The zero-order valence-electron chi connectivity index (χ0n) is 18.1. The average molecular weight is 476 g/mol. The van der Waals surface area contributed by atoms with Gasteiger partial charge in [0.2, 0.25) is 0 Å². The van der Waals surface area contributed by atoms with Crippen LogP contribution >= 0.6 is 0 Å². The van der Waals surface area contributed by atoms with E-state index in [1.807, 2.05) is 0 Å². The highest BCUT2D eigenvalue weighted by atomic mass is 19.4. The molecule has 3 heterocycles. The molecule has 2 aliphatic rings. The van der Waals surface area contributed by atoms with Gasteiger partial charge in [0, 0.05) is 39.8 Å². The molecule has 10 nitrogen and oxygen atoms in total. The van der Waals surface area contributed by atoms with E-state index < -0.39 is 36.4 Å². The molecule has 33 heavy (non-hydrogen) atoms. The molecular formula is C19H24F4N6O4. The SMILES string of the molecule is CC#CCN1c2c(n(CCCF)c(=O)n(C)c2=O)N(OC(=O)C(F)(F)F)C1N1CCNCC1. The Labute approximate surface area is 186 Å². The van der Waals surface area contributed by atoms with Gasteiger partial charge in [-0.2, -0.15) is 13.2 Å². The lowest BCUT2D eigenvalue weighted by molar-refractivity contribution is -0.203. The van der Waals surface area contributed by atoms with E-state index in [2.05, 4.69) is 17.2 Å². The van der Waals surface area contributed by atoms with E-state index in [-0.39, 0.29) is 31.0 Å². The van der Waals surface area contributed by atoms with Crippen molar-refractivity contribution >= 4 is 17.5 Å². The van der Waals surface area contributed by atoms with Gasteiger partial charge in [-0.3, -0.25) is 23.2 Å². The molecule has 0 spiro atoms. The topological polar surface area (TPSA) is 92.0 Å². The average Bonchev–Trinajstić information content (AvgIpc) is 3.09. The van der Waals surface area contributed by atoms with Crippen LogP contribution in [0.5, 0.6) is 0 Å². The molecule has 0 saturated carbocycles. The molecule has 1 aromatic heterocycles. The Balaban J connectivity index is 2.27. The highest BCUT2D eigenvalue weighted by Gasteiger charge is 2.50. The maximum atomic E-state index is 13.1. The van der Waals surface area contributed by atoms with Crippen LogP contribution in [0.2, 0.25) is 0 Å². The van der Waals surface area contributed by atoms with Gasteiger partial charge in [-0.05, 0) is 13.3 Å². The first-order valence-corrected chi connectivity index (χ1v) is 10.2. The number of carbonyl (C=O) groups excluding carboxylic acids is 1. The summed E-state index contributed by atoms with van der Waals surface area (Å²) in [5.41, 5.74) is -1.82. The lowest BCUT2D eigenvalue weighted by Crippen LogP contribution is -2.61. The predicted octanol–water partition coefficient (Wildman–Crippen LogP) is -0.234. The Hall–Kier alpha value is -3.05. The van der Waals surface area contributed by atoms with Crippen molar-refractivity contribution in [1.82, 2.24) is 19.4 Å². The molecule has 1 fully saturated rings. The molecule has 1 saturated heterocycles. The van der Waals surface area contributed by atoms with Gasteiger partial charge in [0.05, 0.1) is 13.2 Å². The fourth-order valence-electron chi connectivity index (χ4n) is 3.80. The van der Waals surface area contributed by atoms with Crippen LogP contribution in [0.25, 0.3) is 0 Å². The minimum atomic E-state index is -5.32. The Kier molecular flexibility index (Phi) is 7.33. The normalized spacial score (nSPS) is 18.7. The highest BCUT2D eigenvalue weighted by Crippen LogP contribution is 2.38. The second kappa shape index (κ2) is 9.84. The first-order valence-electron chi connectivity index (χ1n) is 10.2. The molecule has 1 atom stereocenters. The van der Waals surface area contributed by atoms with E-state index in [9.17, 15) is 31.9 Å². The number of aromatic nitrogens is 2. The number of hydrogen-bond acceptors (Lipinski definition) is 8. The van der Waals surface area contributed by atoms with Gasteiger partial charge >= 0.3 is 17.8 Å². The number of anilines is 2. The van der Waals surface area contributed by atoms with Crippen molar-refractivity contribution in [3.8, 4) is 11.8 Å². The third kappa shape index (κ3) is 4.69. The quantitative estimate of drug-likeness (QED) is 0.445. The molecular weight excluding hydrogens is 452 g/mol. The van der Waals surface area contributed by atoms with Crippen molar-refractivity contribution in [2.45, 2.75) is 32.4 Å². The van der Waals surface area contributed by atoms with Crippen LogP contribution in [-0.4, -0.2) is 71.9 Å². The molecule has 0 bridgehead atoms. The summed E-state index contributed by atoms with van der Waals surface area (Å²) in [6, 6.07) is 0. The minimum Gasteiger partial charge on any atom is -0.327 e. The van der Waals surface area contributed by atoms with Gasteiger partial charge in [-0.25, -0.2) is 9.59 Å². The number of hydroxylamine groups is 1. The summed E-state index contributed by atoms with van der Waals surface area (Å²) in [5, 5.41) is 3.74. The molecule has 0 amide bonds. The number of carbonyl (C=O) groups is 1.